The highest BCUT2D eigenvalue weighted by molar-refractivity contribution is 6.30. The highest BCUT2D eigenvalue weighted by Crippen LogP contribution is 2.47. The first kappa shape index (κ1) is 19.8. The minimum atomic E-state index is -2.62. The third kappa shape index (κ3) is 3.21. The number of hydrogen-bond acceptors (Lipinski definition) is 4. The normalized spacial score (nSPS) is 23.6. The molecule has 0 spiro atoms. The number of aromatic nitrogens is 6. The monoisotopic (exact) mass is 458 g/mol. The predicted molar refractivity (Wildman–Crippen MR) is 116 cm³/mol. The highest BCUT2D eigenvalue weighted by atomic mass is 35.5. The summed E-state index contributed by atoms with van der Waals surface area (Å²) in [5, 5.41) is 5.37. The number of rotatable bonds is 3. The van der Waals surface area contributed by atoms with E-state index in [1.165, 1.54) is 6.20 Å². The van der Waals surface area contributed by atoms with Gasteiger partial charge < -0.3 is 9.38 Å². The largest absolute Gasteiger partial charge is 0.310 e. The minimum absolute atomic E-state index is 0.0338. The van der Waals surface area contributed by atoms with E-state index >= 15 is 0 Å². The van der Waals surface area contributed by atoms with Gasteiger partial charge in [-0.2, -0.15) is 5.10 Å². The lowest BCUT2D eigenvalue weighted by atomic mass is 9.71. The average molecular weight is 459 g/mol. The van der Waals surface area contributed by atoms with Gasteiger partial charge in [0.2, 0.25) is 5.92 Å². The third-order valence-electron chi connectivity index (χ3n) is 6.96. The molecule has 4 aromatic rings. The van der Waals surface area contributed by atoms with Gasteiger partial charge in [0, 0.05) is 42.1 Å². The van der Waals surface area contributed by atoms with E-state index in [-0.39, 0.29) is 36.3 Å². The Hall–Kier alpha value is -2.81. The molecule has 0 radical (unpaired) electrons. The van der Waals surface area contributed by atoms with Gasteiger partial charge in [0.15, 0.2) is 5.65 Å². The van der Waals surface area contributed by atoms with Crippen LogP contribution < -0.4 is 5.56 Å². The van der Waals surface area contributed by atoms with E-state index in [2.05, 4.69) is 10.1 Å². The summed E-state index contributed by atoms with van der Waals surface area (Å²) in [6, 6.07) is 3.46. The van der Waals surface area contributed by atoms with Crippen molar-refractivity contribution >= 4 is 28.3 Å². The summed E-state index contributed by atoms with van der Waals surface area (Å²) in [5.74, 6) is -1.84. The Labute approximate surface area is 186 Å². The molecule has 0 amide bonds. The van der Waals surface area contributed by atoms with Gasteiger partial charge in [0.05, 0.1) is 17.9 Å². The average Bonchev–Trinajstić information content (AvgIpc) is 3.31. The lowest BCUT2D eigenvalue weighted by Gasteiger charge is -2.34. The van der Waals surface area contributed by atoms with Gasteiger partial charge >= 0.3 is 0 Å². The molecule has 6 rings (SSSR count). The topological polar surface area (TPSA) is 80.9 Å². The lowest BCUT2D eigenvalue weighted by molar-refractivity contribution is -0.0446. The van der Waals surface area contributed by atoms with Gasteiger partial charge in [-0.15, -0.1) is 0 Å². The fourth-order valence-electron chi connectivity index (χ4n) is 5.00. The molecule has 0 aliphatic heterocycles. The van der Waals surface area contributed by atoms with Gasteiger partial charge in [-0.1, -0.05) is 11.6 Å². The molecule has 0 aromatic carbocycles. The standard InChI is InChI=1S/C22H21ClF2N6O/c23-12-5-8-30-11-17(27-18(30)9-12)14-1-2-15(14)19-28-20-16(21(32)29-19)10-26-31(20)13-3-6-22(24,25)7-4-13/h5,8-11,13-15H,1-4,6-7H2,(H,28,29,32)/t14-,15+/m0/s1. The van der Waals surface area contributed by atoms with Gasteiger partial charge in [-0.05, 0) is 37.8 Å². The summed E-state index contributed by atoms with van der Waals surface area (Å²) in [5.41, 5.74) is 1.95. The fourth-order valence-corrected chi connectivity index (χ4v) is 5.16. The van der Waals surface area contributed by atoms with Crippen LogP contribution in [0.3, 0.4) is 0 Å². The highest BCUT2D eigenvalue weighted by Gasteiger charge is 2.39. The van der Waals surface area contributed by atoms with Crippen LogP contribution in [0.5, 0.6) is 0 Å². The Kier molecular flexibility index (Phi) is 4.40. The number of imidazole rings is 1. The van der Waals surface area contributed by atoms with Gasteiger partial charge in [-0.3, -0.25) is 4.79 Å². The summed E-state index contributed by atoms with van der Waals surface area (Å²) in [4.78, 5) is 25.2. The number of halogens is 3. The number of nitrogens with zero attached hydrogens (tertiary/aromatic N) is 5. The van der Waals surface area contributed by atoms with Crippen LogP contribution in [-0.4, -0.2) is 35.1 Å². The molecule has 0 unspecified atom stereocenters. The second kappa shape index (κ2) is 7.10. The number of pyridine rings is 1. The van der Waals surface area contributed by atoms with Crippen LogP contribution in [0.2, 0.25) is 5.02 Å². The van der Waals surface area contributed by atoms with E-state index in [9.17, 15) is 13.6 Å². The van der Waals surface area contributed by atoms with Crippen molar-refractivity contribution in [2.45, 2.75) is 62.3 Å². The van der Waals surface area contributed by atoms with Crippen molar-refractivity contribution in [2.75, 3.05) is 0 Å². The maximum Gasteiger partial charge on any atom is 0.262 e. The van der Waals surface area contributed by atoms with E-state index in [0.29, 0.717) is 34.7 Å². The number of aromatic amines is 1. The van der Waals surface area contributed by atoms with Crippen molar-refractivity contribution < 1.29 is 8.78 Å². The molecule has 32 heavy (non-hydrogen) atoms. The number of hydrogen-bond donors (Lipinski definition) is 1. The molecule has 2 saturated carbocycles. The zero-order valence-corrected chi connectivity index (χ0v) is 17.9. The molecule has 2 aliphatic carbocycles. The van der Waals surface area contributed by atoms with Gasteiger partial charge in [0.25, 0.3) is 5.56 Å². The zero-order valence-electron chi connectivity index (χ0n) is 17.1. The number of H-pyrrole nitrogens is 1. The van der Waals surface area contributed by atoms with Gasteiger partial charge in [0.1, 0.15) is 16.9 Å². The molecule has 4 heterocycles. The molecule has 10 heteroatoms. The summed E-state index contributed by atoms with van der Waals surface area (Å²) in [7, 11) is 0. The molecule has 2 fully saturated rings. The first-order valence-corrected chi connectivity index (χ1v) is 11.3. The van der Waals surface area contributed by atoms with Crippen LogP contribution in [0.1, 0.15) is 67.9 Å². The van der Waals surface area contributed by atoms with Crippen LogP contribution >= 0.6 is 11.6 Å². The molecular weight excluding hydrogens is 438 g/mol. The van der Waals surface area contributed by atoms with E-state index in [0.717, 1.165) is 24.2 Å². The van der Waals surface area contributed by atoms with Crippen molar-refractivity contribution in [1.29, 1.82) is 0 Å². The van der Waals surface area contributed by atoms with Crippen molar-refractivity contribution in [3.63, 3.8) is 0 Å². The second-order valence-corrected chi connectivity index (χ2v) is 9.37. The van der Waals surface area contributed by atoms with Crippen LogP contribution in [0.4, 0.5) is 8.78 Å². The maximum absolute atomic E-state index is 13.6. The summed E-state index contributed by atoms with van der Waals surface area (Å²) in [6.07, 6.45) is 7.49. The minimum Gasteiger partial charge on any atom is -0.310 e. The van der Waals surface area contributed by atoms with E-state index < -0.39 is 5.92 Å². The molecule has 1 N–H and O–H groups in total. The third-order valence-corrected chi connectivity index (χ3v) is 7.20. The molecule has 0 saturated heterocycles. The fraction of sp³-hybridized carbons (Fsp3) is 0.455. The first-order chi connectivity index (χ1) is 15.4. The lowest BCUT2D eigenvalue weighted by Crippen LogP contribution is -2.28. The molecule has 7 nitrogen and oxygen atoms in total. The Balaban J connectivity index is 1.34. The van der Waals surface area contributed by atoms with Crippen LogP contribution in [0.15, 0.2) is 35.5 Å². The van der Waals surface area contributed by atoms with Crippen molar-refractivity contribution in [3.05, 3.63) is 57.6 Å². The van der Waals surface area contributed by atoms with Crippen molar-refractivity contribution in [3.8, 4) is 0 Å². The van der Waals surface area contributed by atoms with Gasteiger partial charge in [-0.25, -0.2) is 23.4 Å². The Bertz CT molecular complexity index is 1380. The smallest absolute Gasteiger partial charge is 0.262 e. The molecule has 2 atom stereocenters. The molecular formula is C22H21ClF2N6O. The Morgan fingerprint density at radius 1 is 1.12 bits per heavy atom. The summed E-state index contributed by atoms with van der Waals surface area (Å²) < 4.78 is 30.8. The number of fused-ring (bicyclic) bond motifs is 2. The maximum atomic E-state index is 13.6. The Morgan fingerprint density at radius 2 is 1.91 bits per heavy atom. The van der Waals surface area contributed by atoms with E-state index in [1.807, 2.05) is 28.9 Å². The molecule has 0 bridgehead atoms. The number of nitrogens with one attached hydrogen (secondary N) is 1. The van der Waals surface area contributed by atoms with E-state index in [4.69, 9.17) is 21.6 Å². The van der Waals surface area contributed by atoms with Crippen LogP contribution in [0, 0.1) is 0 Å². The number of alkyl halides is 2. The Morgan fingerprint density at radius 3 is 2.66 bits per heavy atom. The second-order valence-electron chi connectivity index (χ2n) is 8.93. The molecule has 166 valence electrons. The van der Waals surface area contributed by atoms with Crippen LogP contribution in [-0.2, 0) is 0 Å². The van der Waals surface area contributed by atoms with Crippen LogP contribution in [0.25, 0.3) is 16.7 Å². The molecule has 4 aromatic heterocycles. The molecule has 2 aliphatic rings. The van der Waals surface area contributed by atoms with E-state index in [1.54, 1.807) is 4.68 Å². The zero-order chi connectivity index (χ0) is 22.0. The summed E-state index contributed by atoms with van der Waals surface area (Å²) in [6.45, 7) is 0. The predicted octanol–water partition coefficient (Wildman–Crippen LogP) is 4.83. The van der Waals surface area contributed by atoms with Crippen molar-refractivity contribution in [2.24, 2.45) is 0 Å². The SMILES string of the molecule is O=c1[nH]c([C@@H]2CC[C@@H]2c2cn3ccc(Cl)cc3n2)nc2c1cnn2C1CCC(F)(F)CC1. The first-order valence-electron chi connectivity index (χ1n) is 10.9. The quantitative estimate of drug-likeness (QED) is 0.476. The summed E-state index contributed by atoms with van der Waals surface area (Å²) >= 11 is 6.08. The van der Waals surface area contributed by atoms with Crippen molar-refractivity contribution in [1.82, 2.24) is 29.1 Å².